The number of carbonyl (C=O) groups excluding carboxylic acids is 1. The van der Waals surface area contributed by atoms with Gasteiger partial charge in [0.1, 0.15) is 5.69 Å². The van der Waals surface area contributed by atoms with Crippen LogP contribution in [0.15, 0.2) is 53.8 Å². The van der Waals surface area contributed by atoms with Crippen LogP contribution < -0.4 is 4.72 Å². The standard InChI is InChI=1S/C14H12N4O3S/c1-10-8-18-9-12(16-13(18)7-15-10)14(19)17-22(20,21)11-5-3-2-4-6-11/h2-9H,1H3,(H,17,19). The molecule has 22 heavy (non-hydrogen) atoms. The van der Waals surface area contributed by atoms with E-state index in [-0.39, 0.29) is 10.6 Å². The monoisotopic (exact) mass is 316 g/mol. The van der Waals surface area contributed by atoms with Crippen molar-refractivity contribution in [1.29, 1.82) is 0 Å². The molecule has 0 fully saturated rings. The van der Waals surface area contributed by atoms with Gasteiger partial charge in [-0.15, -0.1) is 0 Å². The molecule has 2 aromatic heterocycles. The van der Waals surface area contributed by atoms with Crippen LogP contribution in [0, 0.1) is 6.92 Å². The fourth-order valence-electron chi connectivity index (χ4n) is 1.94. The predicted molar refractivity (Wildman–Crippen MR) is 78.8 cm³/mol. The molecule has 0 radical (unpaired) electrons. The van der Waals surface area contributed by atoms with Crippen LogP contribution in [0.2, 0.25) is 0 Å². The van der Waals surface area contributed by atoms with Crippen molar-refractivity contribution < 1.29 is 13.2 Å². The Morgan fingerprint density at radius 2 is 1.91 bits per heavy atom. The second-order valence-electron chi connectivity index (χ2n) is 4.67. The van der Waals surface area contributed by atoms with Gasteiger partial charge in [-0.2, -0.15) is 0 Å². The third kappa shape index (κ3) is 2.68. The minimum Gasteiger partial charge on any atom is -0.303 e. The molecule has 1 N–H and O–H groups in total. The van der Waals surface area contributed by atoms with Crippen LogP contribution in [-0.4, -0.2) is 28.7 Å². The highest BCUT2D eigenvalue weighted by atomic mass is 32.2. The normalized spacial score (nSPS) is 11.5. The Labute approximate surface area is 126 Å². The van der Waals surface area contributed by atoms with E-state index in [2.05, 4.69) is 9.97 Å². The average molecular weight is 316 g/mol. The van der Waals surface area contributed by atoms with Gasteiger partial charge >= 0.3 is 0 Å². The number of hydrogen-bond donors (Lipinski definition) is 1. The summed E-state index contributed by atoms with van der Waals surface area (Å²) in [4.78, 5) is 20.2. The third-order valence-corrected chi connectivity index (χ3v) is 4.33. The van der Waals surface area contributed by atoms with Crippen molar-refractivity contribution in [2.75, 3.05) is 0 Å². The van der Waals surface area contributed by atoms with Gasteiger partial charge < -0.3 is 4.40 Å². The van der Waals surface area contributed by atoms with Gasteiger partial charge in [0.05, 0.1) is 16.8 Å². The molecule has 0 bridgehead atoms. The van der Waals surface area contributed by atoms with Crippen molar-refractivity contribution in [3.05, 3.63) is 60.3 Å². The van der Waals surface area contributed by atoms with Gasteiger partial charge in [0.15, 0.2) is 5.65 Å². The molecule has 3 rings (SSSR count). The summed E-state index contributed by atoms with van der Waals surface area (Å²) in [5.74, 6) is -0.787. The highest BCUT2D eigenvalue weighted by molar-refractivity contribution is 7.90. The van der Waals surface area contributed by atoms with Crippen molar-refractivity contribution in [2.45, 2.75) is 11.8 Å². The maximum Gasteiger partial charge on any atom is 0.285 e. The molecule has 0 atom stereocenters. The molecule has 0 saturated carbocycles. The van der Waals surface area contributed by atoms with E-state index >= 15 is 0 Å². The quantitative estimate of drug-likeness (QED) is 0.782. The van der Waals surface area contributed by atoms with Crippen LogP contribution in [0.25, 0.3) is 5.65 Å². The Morgan fingerprint density at radius 1 is 1.18 bits per heavy atom. The molecule has 8 heteroatoms. The van der Waals surface area contributed by atoms with E-state index in [1.54, 1.807) is 35.7 Å². The molecule has 3 aromatic rings. The fourth-order valence-corrected chi connectivity index (χ4v) is 2.93. The first-order valence-electron chi connectivity index (χ1n) is 6.39. The zero-order valence-corrected chi connectivity index (χ0v) is 12.4. The van der Waals surface area contributed by atoms with Crippen molar-refractivity contribution >= 4 is 21.6 Å². The zero-order chi connectivity index (χ0) is 15.7. The third-order valence-electron chi connectivity index (χ3n) is 2.98. The van der Waals surface area contributed by atoms with Crippen LogP contribution in [0.1, 0.15) is 16.2 Å². The summed E-state index contributed by atoms with van der Waals surface area (Å²) in [7, 11) is -3.92. The van der Waals surface area contributed by atoms with Gasteiger partial charge in [-0.3, -0.25) is 9.78 Å². The molecule has 0 aliphatic rings. The van der Waals surface area contributed by atoms with Gasteiger partial charge in [-0.05, 0) is 19.1 Å². The molecule has 112 valence electrons. The Hall–Kier alpha value is -2.74. The number of aromatic nitrogens is 3. The summed E-state index contributed by atoms with van der Waals surface area (Å²) in [6, 6.07) is 7.67. The molecule has 2 heterocycles. The zero-order valence-electron chi connectivity index (χ0n) is 11.6. The van der Waals surface area contributed by atoms with E-state index in [0.29, 0.717) is 5.65 Å². The Balaban J connectivity index is 1.90. The van der Waals surface area contributed by atoms with Gasteiger partial charge in [0.25, 0.3) is 15.9 Å². The first-order chi connectivity index (χ1) is 10.5. The van der Waals surface area contributed by atoms with Crippen molar-refractivity contribution in [3.63, 3.8) is 0 Å². The summed E-state index contributed by atoms with van der Waals surface area (Å²) in [5, 5.41) is 0. The molecular formula is C14H12N4O3S. The molecule has 0 aliphatic carbocycles. The number of aryl methyl sites for hydroxylation is 1. The number of rotatable bonds is 3. The van der Waals surface area contributed by atoms with Crippen LogP contribution in [0.5, 0.6) is 0 Å². The number of fused-ring (bicyclic) bond motifs is 1. The molecular weight excluding hydrogens is 304 g/mol. The number of benzene rings is 1. The Morgan fingerprint density at radius 3 is 2.64 bits per heavy atom. The van der Waals surface area contributed by atoms with Gasteiger partial charge in [0.2, 0.25) is 0 Å². The van der Waals surface area contributed by atoms with Crippen LogP contribution in [-0.2, 0) is 10.0 Å². The number of amides is 1. The first-order valence-corrected chi connectivity index (χ1v) is 7.87. The summed E-state index contributed by atoms with van der Waals surface area (Å²) in [5.41, 5.74) is 1.23. The lowest BCUT2D eigenvalue weighted by atomic mass is 10.4. The largest absolute Gasteiger partial charge is 0.303 e. The number of imidazole rings is 1. The fraction of sp³-hybridized carbons (Fsp3) is 0.0714. The highest BCUT2D eigenvalue weighted by Crippen LogP contribution is 2.09. The SMILES string of the molecule is Cc1cn2cc(C(=O)NS(=O)(=O)c3ccccc3)nc2cn1. The summed E-state index contributed by atoms with van der Waals surface area (Å²) >= 11 is 0. The Kier molecular flexibility index (Phi) is 3.38. The number of hydrogen-bond acceptors (Lipinski definition) is 5. The van der Waals surface area contributed by atoms with Crippen molar-refractivity contribution in [2.24, 2.45) is 0 Å². The van der Waals surface area contributed by atoms with Crippen molar-refractivity contribution in [1.82, 2.24) is 19.1 Å². The molecule has 7 nitrogen and oxygen atoms in total. The minimum absolute atomic E-state index is 0.00639. The maximum atomic E-state index is 12.1. The van der Waals surface area contributed by atoms with Crippen molar-refractivity contribution in [3.8, 4) is 0 Å². The summed E-state index contributed by atoms with van der Waals surface area (Å²) in [6.07, 6.45) is 4.67. The summed E-state index contributed by atoms with van der Waals surface area (Å²) in [6.45, 7) is 1.80. The lowest BCUT2D eigenvalue weighted by Crippen LogP contribution is -2.30. The molecule has 0 spiro atoms. The number of nitrogens with zero attached hydrogens (tertiary/aromatic N) is 3. The smallest absolute Gasteiger partial charge is 0.285 e. The number of nitrogens with one attached hydrogen (secondary N) is 1. The maximum absolute atomic E-state index is 12.1. The van der Waals surface area contributed by atoms with Gasteiger partial charge in [0, 0.05) is 12.4 Å². The van der Waals surface area contributed by atoms with Gasteiger partial charge in [-0.1, -0.05) is 18.2 Å². The topological polar surface area (TPSA) is 93.4 Å². The van der Waals surface area contributed by atoms with E-state index in [9.17, 15) is 13.2 Å². The second kappa shape index (κ2) is 5.23. The number of carbonyl (C=O) groups is 1. The van der Waals surface area contributed by atoms with E-state index in [4.69, 9.17) is 0 Å². The second-order valence-corrected chi connectivity index (χ2v) is 6.35. The van der Waals surface area contributed by atoms with E-state index in [0.717, 1.165) is 5.69 Å². The van der Waals surface area contributed by atoms with E-state index < -0.39 is 15.9 Å². The minimum atomic E-state index is -3.92. The average Bonchev–Trinajstić information content (AvgIpc) is 2.91. The van der Waals surface area contributed by atoms with Crippen LogP contribution in [0.3, 0.4) is 0 Å². The molecule has 0 unspecified atom stereocenters. The van der Waals surface area contributed by atoms with Crippen LogP contribution in [0.4, 0.5) is 0 Å². The first kappa shape index (κ1) is 14.2. The molecule has 0 aliphatic heterocycles. The summed E-state index contributed by atoms with van der Waals surface area (Å²) < 4.78 is 27.8. The van der Waals surface area contributed by atoms with Crippen LogP contribution >= 0.6 is 0 Å². The molecule has 1 aromatic carbocycles. The lowest BCUT2D eigenvalue weighted by molar-refractivity contribution is 0.0977. The highest BCUT2D eigenvalue weighted by Gasteiger charge is 2.20. The number of sulfonamides is 1. The molecule has 0 saturated heterocycles. The predicted octanol–water partition coefficient (Wildman–Crippen LogP) is 1.16. The molecule has 1 amide bonds. The van der Waals surface area contributed by atoms with Gasteiger partial charge in [-0.25, -0.2) is 18.1 Å². The van der Waals surface area contributed by atoms with E-state index in [1.807, 2.05) is 4.72 Å². The van der Waals surface area contributed by atoms with E-state index in [1.165, 1.54) is 24.5 Å². The Bertz CT molecular complexity index is 949. The lowest BCUT2D eigenvalue weighted by Gasteiger charge is -2.04.